The van der Waals surface area contributed by atoms with Gasteiger partial charge < -0.3 is 5.32 Å². The molecular formula is C22H28N4O3S2. The highest BCUT2D eigenvalue weighted by Crippen LogP contribution is 2.31. The van der Waals surface area contributed by atoms with Gasteiger partial charge in [0.05, 0.1) is 17.1 Å². The topological polar surface area (TPSA) is 83.8 Å². The molecule has 7 nitrogen and oxygen atoms in total. The third kappa shape index (κ3) is 4.14. The first kappa shape index (κ1) is 22.0. The molecule has 1 aliphatic heterocycles. The van der Waals surface area contributed by atoms with Gasteiger partial charge in [0.1, 0.15) is 0 Å². The normalized spacial score (nSPS) is 16.1. The number of carbonyl (C=O) groups is 1. The molecule has 1 aliphatic rings. The number of hydrogen-bond acceptors (Lipinski definition) is 5. The fourth-order valence-corrected chi connectivity index (χ4v) is 7.00. The fraction of sp³-hybridized carbons (Fsp3) is 0.455. The zero-order chi connectivity index (χ0) is 22.3. The molecule has 3 aromatic rings. The molecule has 31 heavy (non-hydrogen) atoms. The van der Waals surface area contributed by atoms with Gasteiger partial charge >= 0.3 is 0 Å². The molecule has 1 N–H and O–H groups in total. The van der Waals surface area contributed by atoms with Crippen molar-refractivity contribution < 1.29 is 13.2 Å². The van der Waals surface area contributed by atoms with E-state index in [0.29, 0.717) is 37.4 Å². The summed E-state index contributed by atoms with van der Waals surface area (Å²) in [5.74, 6) is -0.219. The Balaban J connectivity index is 1.40. The monoisotopic (exact) mass is 460 g/mol. The highest BCUT2D eigenvalue weighted by molar-refractivity contribution is 7.89. The van der Waals surface area contributed by atoms with Gasteiger partial charge in [0, 0.05) is 36.8 Å². The summed E-state index contributed by atoms with van der Waals surface area (Å²) in [6.07, 6.45) is 4.89. The predicted octanol–water partition coefficient (Wildman–Crippen LogP) is 3.35. The Morgan fingerprint density at radius 3 is 2.42 bits per heavy atom. The van der Waals surface area contributed by atoms with Gasteiger partial charge in [-0.15, -0.1) is 11.3 Å². The van der Waals surface area contributed by atoms with Crippen molar-refractivity contribution >= 4 is 32.2 Å². The summed E-state index contributed by atoms with van der Waals surface area (Å²) in [6, 6.07) is 2.03. The van der Waals surface area contributed by atoms with Crippen LogP contribution < -0.4 is 5.32 Å². The molecule has 0 spiro atoms. The Bertz CT molecular complexity index is 1180. The first-order valence-electron chi connectivity index (χ1n) is 10.4. The second kappa shape index (κ2) is 8.37. The molecule has 0 radical (unpaired) electrons. The van der Waals surface area contributed by atoms with Crippen LogP contribution in [0.3, 0.4) is 0 Å². The number of fused-ring (bicyclic) bond motifs is 1. The van der Waals surface area contributed by atoms with Gasteiger partial charge in [-0.05, 0) is 62.8 Å². The lowest BCUT2D eigenvalue weighted by molar-refractivity contribution is -0.126. The Morgan fingerprint density at radius 1 is 1.16 bits per heavy atom. The maximum atomic E-state index is 13.4. The minimum absolute atomic E-state index is 0.0350. The summed E-state index contributed by atoms with van der Waals surface area (Å²) < 4.78 is 30.3. The molecule has 0 bridgehead atoms. The summed E-state index contributed by atoms with van der Waals surface area (Å²) in [4.78, 5) is 18.4. The van der Waals surface area contributed by atoms with E-state index in [-0.39, 0.29) is 11.8 Å². The fourth-order valence-electron chi connectivity index (χ4n) is 4.24. The van der Waals surface area contributed by atoms with Gasteiger partial charge in [-0.2, -0.15) is 4.31 Å². The molecule has 0 aliphatic carbocycles. The lowest BCUT2D eigenvalue weighted by atomic mass is 9.97. The van der Waals surface area contributed by atoms with Crippen molar-refractivity contribution in [3.8, 4) is 0 Å². The van der Waals surface area contributed by atoms with Crippen molar-refractivity contribution in [3.05, 3.63) is 51.8 Å². The van der Waals surface area contributed by atoms with Crippen LogP contribution in [0.25, 0.3) is 4.96 Å². The molecule has 2 aromatic heterocycles. The highest BCUT2D eigenvalue weighted by Gasteiger charge is 2.34. The van der Waals surface area contributed by atoms with Crippen LogP contribution in [0.15, 0.2) is 28.7 Å². The molecule has 0 unspecified atom stereocenters. The minimum atomic E-state index is -3.59. The first-order chi connectivity index (χ1) is 14.7. The average Bonchev–Trinajstić information content (AvgIpc) is 3.32. The maximum Gasteiger partial charge on any atom is 0.243 e. The second-order valence-electron chi connectivity index (χ2n) is 8.31. The number of piperidine rings is 1. The average molecular weight is 461 g/mol. The van der Waals surface area contributed by atoms with E-state index in [1.54, 1.807) is 11.3 Å². The molecule has 0 saturated carbocycles. The summed E-state index contributed by atoms with van der Waals surface area (Å²) in [5, 5.41) is 4.93. The quantitative estimate of drug-likeness (QED) is 0.633. The highest BCUT2D eigenvalue weighted by atomic mass is 32.2. The molecular weight excluding hydrogens is 432 g/mol. The van der Waals surface area contributed by atoms with Crippen molar-refractivity contribution in [2.45, 2.75) is 52.0 Å². The van der Waals surface area contributed by atoms with Crippen LogP contribution in [-0.2, 0) is 21.4 Å². The lowest BCUT2D eigenvalue weighted by Crippen LogP contribution is -2.43. The van der Waals surface area contributed by atoms with Crippen LogP contribution in [0, 0.1) is 33.6 Å². The number of hydrogen-bond donors (Lipinski definition) is 1. The van der Waals surface area contributed by atoms with Gasteiger partial charge in [0.25, 0.3) is 0 Å². The van der Waals surface area contributed by atoms with Crippen molar-refractivity contribution in [1.82, 2.24) is 19.0 Å². The van der Waals surface area contributed by atoms with E-state index in [4.69, 9.17) is 0 Å². The molecule has 4 rings (SSSR count). The van der Waals surface area contributed by atoms with E-state index >= 15 is 0 Å². The van der Waals surface area contributed by atoms with Crippen LogP contribution >= 0.6 is 11.3 Å². The third-order valence-electron chi connectivity index (χ3n) is 6.31. The first-order valence-corrected chi connectivity index (χ1v) is 12.8. The molecule has 1 saturated heterocycles. The molecule has 1 fully saturated rings. The van der Waals surface area contributed by atoms with Crippen molar-refractivity contribution in [2.24, 2.45) is 5.92 Å². The van der Waals surface area contributed by atoms with Crippen LogP contribution in [0.1, 0.15) is 40.8 Å². The van der Waals surface area contributed by atoms with Crippen molar-refractivity contribution in [2.75, 3.05) is 13.1 Å². The Hall–Kier alpha value is -2.23. The Morgan fingerprint density at radius 2 is 1.81 bits per heavy atom. The van der Waals surface area contributed by atoms with E-state index in [1.807, 2.05) is 55.9 Å². The van der Waals surface area contributed by atoms with Crippen molar-refractivity contribution in [1.29, 1.82) is 0 Å². The molecule has 3 heterocycles. The molecule has 1 aromatic carbocycles. The summed E-state index contributed by atoms with van der Waals surface area (Å²) in [5.41, 5.74) is 4.40. The summed E-state index contributed by atoms with van der Waals surface area (Å²) in [6.45, 7) is 8.72. The van der Waals surface area contributed by atoms with Gasteiger partial charge in [0.15, 0.2) is 4.96 Å². The third-order valence-corrected chi connectivity index (χ3v) is 9.25. The number of aromatic nitrogens is 2. The molecule has 0 atom stereocenters. The van der Waals surface area contributed by atoms with Gasteiger partial charge in [-0.3, -0.25) is 9.20 Å². The molecule has 166 valence electrons. The summed E-state index contributed by atoms with van der Waals surface area (Å²) in [7, 11) is -3.59. The van der Waals surface area contributed by atoms with Crippen molar-refractivity contribution in [3.63, 3.8) is 0 Å². The predicted molar refractivity (Wildman–Crippen MR) is 122 cm³/mol. The van der Waals surface area contributed by atoms with E-state index < -0.39 is 10.0 Å². The van der Waals surface area contributed by atoms with E-state index in [2.05, 4.69) is 10.3 Å². The number of thiazole rings is 1. The zero-order valence-electron chi connectivity index (χ0n) is 18.3. The lowest BCUT2D eigenvalue weighted by Gasteiger charge is -2.31. The smallest absolute Gasteiger partial charge is 0.243 e. The zero-order valence-corrected chi connectivity index (χ0v) is 19.9. The van der Waals surface area contributed by atoms with Crippen LogP contribution in [0.2, 0.25) is 0 Å². The second-order valence-corrected chi connectivity index (χ2v) is 11.1. The number of benzene rings is 1. The van der Waals surface area contributed by atoms with E-state index in [9.17, 15) is 13.2 Å². The molecule has 1 amide bonds. The van der Waals surface area contributed by atoms with E-state index in [0.717, 1.165) is 32.9 Å². The number of amides is 1. The van der Waals surface area contributed by atoms with Crippen LogP contribution in [0.4, 0.5) is 0 Å². The number of carbonyl (C=O) groups excluding carboxylic acids is 1. The number of sulfonamides is 1. The number of rotatable bonds is 5. The molecule has 9 heteroatoms. The Kier molecular flexibility index (Phi) is 5.93. The van der Waals surface area contributed by atoms with Gasteiger partial charge in [-0.1, -0.05) is 6.07 Å². The van der Waals surface area contributed by atoms with Gasteiger partial charge in [-0.25, -0.2) is 13.4 Å². The number of nitrogens with one attached hydrogen (secondary N) is 1. The minimum Gasteiger partial charge on any atom is -0.350 e. The van der Waals surface area contributed by atoms with E-state index in [1.165, 1.54) is 4.31 Å². The van der Waals surface area contributed by atoms with Crippen LogP contribution in [-0.4, -0.2) is 41.1 Å². The number of imidazole rings is 1. The number of aryl methyl sites for hydroxylation is 2. The summed E-state index contributed by atoms with van der Waals surface area (Å²) >= 11 is 1.55. The van der Waals surface area contributed by atoms with Gasteiger partial charge in [0.2, 0.25) is 15.9 Å². The largest absolute Gasteiger partial charge is 0.350 e. The van der Waals surface area contributed by atoms with Crippen LogP contribution in [0.5, 0.6) is 0 Å². The SMILES string of the molecule is Cc1cc(C)c(C)c(S(=O)(=O)N2CCC(C(=O)NCc3cn4ccsc4n3)CC2)c1C. The Labute approximate surface area is 187 Å². The number of nitrogens with zero attached hydrogens (tertiary/aromatic N) is 3. The maximum absolute atomic E-state index is 13.4. The standard InChI is InChI=1S/C22H28N4O3S2/c1-14-11-15(2)17(4)20(16(14)3)31(28,29)26-7-5-18(6-8-26)21(27)23-12-19-13-25-9-10-30-22(25)24-19/h9-11,13,18H,5-8,12H2,1-4H3,(H,23,27).